The number of carbonyl (C=O) groups is 1. The van der Waals surface area contributed by atoms with Crippen LogP contribution in [-0.4, -0.2) is 32.0 Å². The van der Waals surface area contributed by atoms with Crippen LogP contribution in [0.15, 0.2) is 85.1 Å². The second kappa shape index (κ2) is 11.1. The number of carbonyl (C=O) groups excluding carboxylic acids is 1. The molecule has 1 saturated heterocycles. The van der Waals surface area contributed by atoms with E-state index in [2.05, 4.69) is 69.3 Å². The van der Waals surface area contributed by atoms with Gasteiger partial charge in [-0.05, 0) is 67.5 Å². The summed E-state index contributed by atoms with van der Waals surface area (Å²) in [5, 5.41) is 6.70. The van der Waals surface area contributed by atoms with Gasteiger partial charge < -0.3 is 20.1 Å². The summed E-state index contributed by atoms with van der Waals surface area (Å²) in [4.78, 5) is 19.4. The highest BCUT2D eigenvalue weighted by molar-refractivity contribution is 7.80. The fourth-order valence-corrected chi connectivity index (χ4v) is 5.45. The van der Waals surface area contributed by atoms with Crippen LogP contribution < -0.4 is 10.6 Å². The van der Waals surface area contributed by atoms with E-state index < -0.39 is 5.82 Å². The number of pyridine rings is 1. The number of halogens is 1. The molecule has 1 amide bonds. The van der Waals surface area contributed by atoms with E-state index in [1.165, 1.54) is 11.6 Å². The highest BCUT2D eigenvalue weighted by Gasteiger charge is 2.41. The monoisotopic (exact) mass is 527 g/mol. The lowest BCUT2D eigenvalue weighted by Gasteiger charge is -2.28. The minimum Gasteiger partial charge on any atom is -0.352 e. The maximum atomic E-state index is 14.1. The summed E-state index contributed by atoms with van der Waals surface area (Å²) in [5.41, 5.74) is 5.71. The van der Waals surface area contributed by atoms with Gasteiger partial charge in [0.15, 0.2) is 5.11 Å². The summed E-state index contributed by atoms with van der Waals surface area (Å²) < 4.78 is 16.4. The van der Waals surface area contributed by atoms with Crippen molar-refractivity contribution in [3.05, 3.63) is 119 Å². The Bertz CT molecular complexity index is 1440. The van der Waals surface area contributed by atoms with Crippen LogP contribution in [0.3, 0.4) is 0 Å². The van der Waals surface area contributed by atoms with Gasteiger partial charge in [0.2, 0.25) is 5.91 Å². The van der Waals surface area contributed by atoms with Crippen LogP contribution in [0.5, 0.6) is 0 Å². The number of nitrogens with one attached hydrogen (secondary N) is 2. The van der Waals surface area contributed by atoms with E-state index in [0.717, 1.165) is 29.2 Å². The number of aromatic nitrogens is 2. The van der Waals surface area contributed by atoms with Gasteiger partial charge in [-0.1, -0.05) is 48.5 Å². The number of benzene rings is 2. The normalized spacial score (nSPS) is 16.9. The lowest BCUT2D eigenvalue weighted by molar-refractivity contribution is -0.116. The van der Waals surface area contributed by atoms with Gasteiger partial charge in [0.25, 0.3) is 0 Å². The number of amides is 1. The summed E-state index contributed by atoms with van der Waals surface area (Å²) in [5.74, 6) is -0.731. The molecule has 2 aromatic carbocycles. The van der Waals surface area contributed by atoms with Crippen LogP contribution in [0, 0.1) is 19.7 Å². The number of thiocarbonyl (C=S) groups is 1. The fourth-order valence-electron chi connectivity index (χ4n) is 5.12. The van der Waals surface area contributed by atoms with Crippen molar-refractivity contribution in [3.63, 3.8) is 0 Å². The predicted molar refractivity (Wildman–Crippen MR) is 151 cm³/mol. The number of nitrogens with zero attached hydrogens (tertiary/aromatic N) is 3. The first-order valence-corrected chi connectivity index (χ1v) is 13.1. The molecule has 3 heterocycles. The van der Waals surface area contributed by atoms with E-state index in [0.29, 0.717) is 11.7 Å². The SMILES string of the molecule is Cc1cc(C2C(c3ccccn3)NC(=S)N2CCC(=O)Nc2ccccc2F)c(C)n1Cc1ccccc1. The Morgan fingerprint density at radius 3 is 2.53 bits per heavy atom. The maximum Gasteiger partial charge on any atom is 0.226 e. The summed E-state index contributed by atoms with van der Waals surface area (Å²) in [6.07, 6.45) is 1.94. The molecule has 6 nitrogen and oxygen atoms in total. The van der Waals surface area contributed by atoms with Gasteiger partial charge in [-0.25, -0.2) is 4.39 Å². The van der Waals surface area contributed by atoms with Crippen molar-refractivity contribution >= 4 is 28.9 Å². The van der Waals surface area contributed by atoms with Crippen molar-refractivity contribution in [1.29, 1.82) is 0 Å². The Morgan fingerprint density at radius 2 is 1.79 bits per heavy atom. The third-order valence-corrected chi connectivity index (χ3v) is 7.39. The zero-order valence-corrected chi connectivity index (χ0v) is 22.2. The molecule has 0 radical (unpaired) electrons. The maximum absolute atomic E-state index is 14.1. The van der Waals surface area contributed by atoms with Crippen molar-refractivity contribution in [2.45, 2.75) is 38.9 Å². The molecular formula is C30H30FN5OS. The lowest BCUT2D eigenvalue weighted by Crippen LogP contribution is -2.33. The van der Waals surface area contributed by atoms with E-state index in [1.54, 1.807) is 24.4 Å². The predicted octanol–water partition coefficient (Wildman–Crippen LogP) is 5.69. The standard InChI is InChI=1S/C30H30FN5OS/c1-20-18-23(21(2)36(20)19-22-10-4-3-5-11-22)29-28(26-14-8-9-16-32-26)34-30(38)35(29)17-15-27(37)33-25-13-7-6-12-24(25)31/h3-14,16,18,28-29H,15,17,19H2,1-2H3,(H,33,37)(H,34,38). The molecule has 0 spiro atoms. The zero-order chi connectivity index (χ0) is 26.6. The fraction of sp³-hybridized carbons (Fsp3) is 0.233. The molecule has 4 aromatic rings. The van der Waals surface area contributed by atoms with Gasteiger partial charge in [0.1, 0.15) is 5.82 Å². The first-order chi connectivity index (χ1) is 18.4. The van der Waals surface area contributed by atoms with E-state index >= 15 is 0 Å². The van der Waals surface area contributed by atoms with Crippen LogP contribution in [0.2, 0.25) is 0 Å². The van der Waals surface area contributed by atoms with Crippen molar-refractivity contribution < 1.29 is 9.18 Å². The largest absolute Gasteiger partial charge is 0.352 e. The Kier molecular flexibility index (Phi) is 7.51. The van der Waals surface area contributed by atoms with E-state index in [-0.39, 0.29) is 30.1 Å². The first kappa shape index (κ1) is 25.6. The Morgan fingerprint density at radius 1 is 1.05 bits per heavy atom. The number of para-hydroxylation sites is 1. The minimum atomic E-state index is -0.460. The second-order valence-corrected chi connectivity index (χ2v) is 9.88. The van der Waals surface area contributed by atoms with E-state index in [1.807, 2.05) is 24.3 Å². The lowest BCUT2D eigenvalue weighted by atomic mass is 9.96. The van der Waals surface area contributed by atoms with Gasteiger partial charge in [0.05, 0.1) is 23.5 Å². The number of hydrogen-bond acceptors (Lipinski definition) is 3. The number of rotatable bonds is 8. The molecule has 194 valence electrons. The molecule has 1 aliphatic heterocycles. The van der Waals surface area contributed by atoms with E-state index in [9.17, 15) is 9.18 Å². The zero-order valence-electron chi connectivity index (χ0n) is 21.4. The summed E-state index contributed by atoms with van der Waals surface area (Å²) in [6, 6.07) is 24.3. The topological polar surface area (TPSA) is 62.2 Å². The Labute approximate surface area is 227 Å². The minimum absolute atomic E-state index is 0.157. The first-order valence-electron chi connectivity index (χ1n) is 12.7. The molecule has 2 N–H and O–H groups in total. The molecule has 0 bridgehead atoms. The Balaban J connectivity index is 1.43. The van der Waals surface area contributed by atoms with Gasteiger partial charge in [-0.3, -0.25) is 9.78 Å². The quantitative estimate of drug-likeness (QED) is 0.288. The molecule has 1 aliphatic rings. The summed E-state index contributed by atoms with van der Waals surface area (Å²) >= 11 is 5.77. The highest BCUT2D eigenvalue weighted by atomic mass is 32.1. The van der Waals surface area contributed by atoms with Crippen LogP contribution in [0.1, 0.15) is 46.7 Å². The average Bonchev–Trinajstić information content (AvgIpc) is 3.40. The molecule has 0 aliphatic carbocycles. The van der Waals surface area contributed by atoms with Crippen LogP contribution in [0.4, 0.5) is 10.1 Å². The van der Waals surface area contributed by atoms with Gasteiger partial charge in [-0.2, -0.15) is 0 Å². The molecule has 2 aromatic heterocycles. The van der Waals surface area contributed by atoms with Gasteiger partial charge in [0, 0.05) is 37.1 Å². The van der Waals surface area contributed by atoms with E-state index in [4.69, 9.17) is 12.2 Å². The molecule has 0 saturated carbocycles. The van der Waals surface area contributed by atoms with Gasteiger partial charge in [-0.15, -0.1) is 0 Å². The molecule has 8 heteroatoms. The number of aryl methyl sites for hydroxylation is 1. The smallest absolute Gasteiger partial charge is 0.226 e. The van der Waals surface area contributed by atoms with Crippen molar-refractivity contribution in [2.24, 2.45) is 0 Å². The van der Waals surface area contributed by atoms with Crippen LogP contribution in [0.25, 0.3) is 0 Å². The third-order valence-electron chi connectivity index (χ3n) is 7.04. The van der Waals surface area contributed by atoms with Gasteiger partial charge >= 0.3 is 0 Å². The molecule has 38 heavy (non-hydrogen) atoms. The molecule has 2 unspecified atom stereocenters. The number of hydrogen-bond donors (Lipinski definition) is 2. The molecular weight excluding hydrogens is 497 g/mol. The highest BCUT2D eigenvalue weighted by Crippen LogP contribution is 2.41. The molecule has 5 rings (SSSR count). The molecule has 1 fully saturated rings. The van der Waals surface area contributed by atoms with Crippen LogP contribution >= 0.6 is 12.2 Å². The van der Waals surface area contributed by atoms with Crippen LogP contribution in [-0.2, 0) is 11.3 Å². The number of anilines is 1. The van der Waals surface area contributed by atoms with Crippen molar-refractivity contribution in [3.8, 4) is 0 Å². The molecule has 2 atom stereocenters. The second-order valence-electron chi connectivity index (χ2n) is 9.50. The van der Waals surface area contributed by atoms with Crippen molar-refractivity contribution in [2.75, 3.05) is 11.9 Å². The Hall–Kier alpha value is -4.04. The summed E-state index contributed by atoms with van der Waals surface area (Å²) in [6.45, 7) is 5.39. The van der Waals surface area contributed by atoms with Crippen molar-refractivity contribution in [1.82, 2.24) is 19.8 Å². The average molecular weight is 528 g/mol. The summed E-state index contributed by atoms with van der Waals surface area (Å²) in [7, 11) is 0. The third kappa shape index (κ3) is 5.31.